The Hall–Kier alpha value is -2.48. The first kappa shape index (κ1) is 15.6. The summed E-state index contributed by atoms with van der Waals surface area (Å²) in [4.78, 5) is 13.7. The van der Waals surface area contributed by atoms with E-state index in [2.05, 4.69) is 10.6 Å². The van der Waals surface area contributed by atoms with Crippen LogP contribution >= 0.6 is 0 Å². The number of carbonyl (C=O) groups is 1. The van der Waals surface area contributed by atoms with Gasteiger partial charge >= 0.3 is 0 Å². The van der Waals surface area contributed by atoms with Gasteiger partial charge in [0.05, 0.1) is 0 Å². The van der Waals surface area contributed by atoms with Crippen molar-refractivity contribution < 1.29 is 4.79 Å². The summed E-state index contributed by atoms with van der Waals surface area (Å²) >= 11 is 0. The van der Waals surface area contributed by atoms with Gasteiger partial charge in [-0.25, -0.2) is 0 Å². The lowest BCUT2D eigenvalue weighted by Crippen LogP contribution is -2.25. The summed E-state index contributed by atoms with van der Waals surface area (Å²) in [6, 6.07) is 9.60. The van der Waals surface area contributed by atoms with Gasteiger partial charge in [0.25, 0.3) is 5.91 Å². The number of nitriles is 1. The van der Waals surface area contributed by atoms with E-state index < -0.39 is 0 Å². The highest BCUT2D eigenvalue weighted by Gasteiger charge is 2.07. The van der Waals surface area contributed by atoms with E-state index >= 15 is 0 Å². The molecule has 0 atom stereocenters. The Balaban J connectivity index is 2.76. The third kappa shape index (κ3) is 4.65. The number of amides is 1. The molecule has 0 aliphatic rings. The molecule has 0 aromatic heterocycles. The first-order chi connectivity index (χ1) is 9.58. The van der Waals surface area contributed by atoms with Crippen LogP contribution in [-0.4, -0.2) is 26.5 Å². The second kappa shape index (κ2) is 7.85. The van der Waals surface area contributed by atoms with Crippen LogP contribution in [0.25, 0.3) is 0 Å². The Morgan fingerprint density at radius 1 is 1.45 bits per heavy atom. The predicted molar refractivity (Wildman–Crippen MR) is 81.4 cm³/mol. The van der Waals surface area contributed by atoms with Crippen LogP contribution in [-0.2, 0) is 4.79 Å². The van der Waals surface area contributed by atoms with E-state index in [1.165, 1.54) is 6.20 Å². The number of hydrogen-bond acceptors (Lipinski definition) is 4. The van der Waals surface area contributed by atoms with Gasteiger partial charge in [-0.15, -0.1) is 0 Å². The van der Waals surface area contributed by atoms with Crippen LogP contribution in [0.2, 0.25) is 0 Å². The Morgan fingerprint density at radius 2 is 2.20 bits per heavy atom. The molecular formula is C15H20N4O. The van der Waals surface area contributed by atoms with E-state index in [1.807, 2.05) is 56.3 Å². The van der Waals surface area contributed by atoms with Gasteiger partial charge in [-0.05, 0) is 24.6 Å². The molecule has 20 heavy (non-hydrogen) atoms. The zero-order chi connectivity index (χ0) is 15.0. The molecule has 106 valence electrons. The fraction of sp³-hybridized carbons (Fsp3) is 0.333. The number of nitrogens with one attached hydrogen (secondary N) is 2. The fourth-order valence-corrected chi connectivity index (χ4v) is 1.51. The van der Waals surface area contributed by atoms with Crippen molar-refractivity contribution in [1.82, 2.24) is 5.32 Å². The average Bonchev–Trinajstić information content (AvgIpc) is 2.46. The summed E-state index contributed by atoms with van der Waals surface area (Å²) in [5.74, 6) is -0.356. The van der Waals surface area contributed by atoms with Crippen LogP contribution in [0.15, 0.2) is 36.0 Å². The van der Waals surface area contributed by atoms with E-state index in [1.54, 1.807) is 0 Å². The van der Waals surface area contributed by atoms with E-state index in [0.29, 0.717) is 6.54 Å². The molecule has 1 amide bonds. The number of carbonyl (C=O) groups excluding carboxylic acids is 1. The van der Waals surface area contributed by atoms with Crippen LogP contribution < -0.4 is 15.5 Å². The van der Waals surface area contributed by atoms with Crippen molar-refractivity contribution in [1.29, 1.82) is 5.26 Å². The van der Waals surface area contributed by atoms with Gasteiger partial charge in [0.1, 0.15) is 11.6 Å². The molecule has 0 aliphatic heterocycles. The van der Waals surface area contributed by atoms with Crippen molar-refractivity contribution in [3.63, 3.8) is 0 Å². The Labute approximate surface area is 119 Å². The third-order valence-corrected chi connectivity index (χ3v) is 2.65. The van der Waals surface area contributed by atoms with Gasteiger partial charge < -0.3 is 15.5 Å². The largest absolute Gasteiger partial charge is 0.378 e. The molecule has 0 saturated heterocycles. The fourth-order valence-electron chi connectivity index (χ4n) is 1.51. The molecular weight excluding hydrogens is 252 g/mol. The van der Waals surface area contributed by atoms with E-state index in [4.69, 9.17) is 5.26 Å². The normalized spacial score (nSPS) is 10.6. The number of benzene rings is 1. The lowest BCUT2D eigenvalue weighted by Gasteiger charge is -2.13. The summed E-state index contributed by atoms with van der Waals surface area (Å²) in [5.41, 5.74) is 1.93. The average molecular weight is 272 g/mol. The zero-order valence-corrected chi connectivity index (χ0v) is 12.1. The van der Waals surface area contributed by atoms with Crippen LogP contribution in [0, 0.1) is 11.3 Å². The van der Waals surface area contributed by atoms with Crippen LogP contribution in [0.3, 0.4) is 0 Å². The first-order valence-electron chi connectivity index (χ1n) is 6.51. The van der Waals surface area contributed by atoms with Gasteiger partial charge in [0.15, 0.2) is 0 Å². The minimum absolute atomic E-state index is 0.0636. The number of anilines is 2. The Bertz CT molecular complexity index is 529. The van der Waals surface area contributed by atoms with Crippen LogP contribution in [0.5, 0.6) is 0 Å². The minimum Gasteiger partial charge on any atom is -0.378 e. The molecule has 1 rings (SSSR count). The van der Waals surface area contributed by atoms with Gasteiger partial charge in [-0.3, -0.25) is 4.79 Å². The smallest absolute Gasteiger partial charge is 0.263 e. The molecule has 5 heteroatoms. The highest BCUT2D eigenvalue weighted by Crippen LogP contribution is 2.17. The topological polar surface area (TPSA) is 68.2 Å². The van der Waals surface area contributed by atoms with Crippen molar-refractivity contribution in [3.8, 4) is 6.07 Å². The minimum atomic E-state index is -0.356. The molecule has 1 aromatic rings. The molecule has 1 aromatic carbocycles. The molecule has 0 saturated carbocycles. The highest BCUT2D eigenvalue weighted by atomic mass is 16.1. The van der Waals surface area contributed by atoms with E-state index in [0.717, 1.165) is 17.8 Å². The highest BCUT2D eigenvalue weighted by molar-refractivity contribution is 5.97. The molecule has 0 radical (unpaired) electrons. The van der Waals surface area contributed by atoms with Crippen molar-refractivity contribution >= 4 is 17.3 Å². The summed E-state index contributed by atoms with van der Waals surface area (Å²) in [6.45, 7) is 2.52. The summed E-state index contributed by atoms with van der Waals surface area (Å²) in [5, 5.41) is 14.6. The summed E-state index contributed by atoms with van der Waals surface area (Å²) in [7, 11) is 3.90. The third-order valence-electron chi connectivity index (χ3n) is 2.65. The molecule has 0 spiro atoms. The Kier molecular flexibility index (Phi) is 6.11. The molecule has 2 N–H and O–H groups in total. The second-order valence-electron chi connectivity index (χ2n) is 4.51. The van der Waals surface area contributed by atoms with Crippen molar-refractivity contribution in [2.75, 3.05) is 30.9 Å². The van der Waals surface area contributed by atoms with Gasteiger partial charge in [-0.2, -0.15) is 5.26 Å². The maximum Gasteiger partial charge on any atom is 0.263 e. The zero-order valence-electron chi connectivity index (χ0n) is 12.1. The molecule has 0 heterocycles. The first-order valence-corrected chi connectivity index (χ1v) is 6.51. The maximum atomic E-state index is 11.7. The lowest BCUT2D eigenvalue weighted by atomic mass is 10.2. The second-order valence-corrected chi connectivity index (χ2v) is 4.51. The standard InChI is InChI=1S/C15H20N4O/c1-4-8-17-15(20)12(10-16)11-18-13-6-5-7-14(9-13)19(2)3/h5-7,9,11,18H,4,8H2,1-3H3,(H,17,20)/b12-11-. The van der Waals surface area contributed by atoms with Crippen molar-refractivity contribution in [2.24, 2.45) is 0 Å². The summed E-state index contributed by atoms with van der Waals surface area (Å²) < 4.78 is 0. The van der Waals surface area contributed by atoms with Crippen molar-refractivity contribution in [3.05, 3.63) is 36.0 Å². The number of hydrogen-bond donors (Lipinski definition) is 2. The van der Waals surface area contributed by atoms with Crippen molar-refractivity contribution in [2.45, 2.75) is 13.3 Å². The lowest BCUT2D eigenvalue weighted by molar-refractivity contribution is -0.117. The Morgan fingerprint density at radius 3 is 2.80 bits per heavy atom. The molecule has 0 bridgehead atoms. The van der Waals surface area contributed by atoms with Gasteiger partial charge in [0.2, 0.25) is 0 Å². The van der Waals surface area contributed by atoms with E-state index in [-0.39, 0.29) is 11.5 Å². The number of nitrogens with zero attached hydrogens (tertiary/aromatic N) is 2. The predicted octanol–water partition coefficient (Wildman–Crippen LogP) is 2.10. The van der Waals surface area contributed by atoms with Gasteiger partial charge in [0, 0.05) is 38.2 Å². The molecule has 0 aliphatic carbocycles. The quantitative estimate of drug-likeness (QED) is 0.614. The SMILES string of the molecule is CCCNC(=O)/C(C#N)=C\Nc1cccc(N(C)C)c1. The monoisotopic (exact) mass is 272 g/mol. The molecule has 5 nitrogen and oxygen atoms in total. The van der Waals surface area contributed by atoms with E-state index in [9.17, 15) is 4.79 Å². The summed E-state index contributed by atoms with van der Waals surface area (Å²) in [6.07, 6.45) is 2.27. The van der Waals surface area contributed by atoms with Gasteiger partial charge in [-0.1, -0.05) is 13.0 Å². The maximum absolute atomic E-state index is 11.7. The van der Waals surface area contributed by atoms with Crippen LogP contribution in [0.1, 0.15) is 13.3 Å². The number of rotatable bonds is 6. The molecule has 0 fully saturated rings. The molecule has 0 unspecified atom stereocenters. The van der Waals surface area contributed by atoms with Crippen LogP contribution in [0.4, 0.5) is 11.4 Å².